The summed E-state index contributed by atoms with van der Waals surface area (Å²) in [5, 5.41) is 20.2. The topological polar surface area (TPSA) is 87.0 Å². The van der Waals surface area contributed by atoms with Gasteiger partial charge < -0.3 is 16.2 Å². The predicted octanol–water partition coefficient (Wildman–Crippen LogP) is 1.72. The zero-order valence-corrected chi connectivity index (χ0v) is 10.1. The molecule has 0 radical (unpaired) electrons. The number of nitrogens with two attached hydrogens (primary N) is 1. The van der Waals surface area contributed by atoms with Gasteiger partial charge in [0.15, 0.2) is 0 Å². The highest BCUT2D eigenvalue weighted by Gasteiger charge is 2.18. The van der Waals surface area contributed by atoms with E-state index in [1.54, 1.807) is 6.20 Å². The minimum Gasteiger partial charge on any atom is -0.397 e. The standard InChI is InChI=1S/C12H18N4O/c1-12(2,3-4-17)15-11-6-10-8(5-9(11)13)7-14-16-10/h5-7,15,17H,3-4,13H2,1-2H3,(H,14,16). The van der Waals surface area contributed by atoms with Crippen molar-refractivity contribution in [2.75, 3.05) is 17.7 Å². The van der Waals surface area contributed by atoms with Gasteiger partial charge in [-0.15, -0.1) is 0 Å². The van der Waals surface area contributed by atoms with Crippen molar-refractivity contribution in [3.63, 3.8) is 0 Å². The molecule has 5 nitrogen and oxygen atoms in total. The van der Waals surface area contributed by atoms with Crippen LogP contribution < -0.4 is 11.1 Å². The van der Waals surface area contributed by atoms with Gasteiger partial charge in [0.05, 0.1) is 23.1 Å². The van der Waals surface area contributed by atoms with Crippen LogP contribution in [-0.4, -0.2) is 27.4 Å². The maximum absolute atomic E-state index is 9.00. The highest BCUT2D eigenvalue weighted by molar-refractivity contribution is 5.88. The van der Waals surface area contributed by atoms with Crippen LogP contribution in [0, 0.1) is 0 Å². The summed E-state index contributed by atoms with van der Waals surface area (Å²) in [6, 6.07) is 3.83. The molecule has 1 aromatic carbocycles. The largest absolute Gasteiger partial charge is 0.397 e. The van der Waals surface area contributed by atoms with Crippen LogP contribution in [0.5, 0.6) is 0 Å². The quantitative estimate of drug-likeness (QED) is 0.607. The average Bonchev–Trinajstić information content (AvgIpc) is 2.64. The number of nitrogens with one attached hydrogen (secondary N) is 2. The van der Waals surface area contributed by atoms with E-state index in [1.807, 2.05) is 26.0 Å². The Bertz CT molecular complexity index is 518. The Balaban J connectivity index is 2.31. The molecule has 1 aromatic heterocycles. The molecule has 0 bridgehead atoms. The van der Waals surface area contributed by atoms with E-state index < -0.39 is 0 Å². The Morgan fingerprint density at radius 3 is 2.94 bits per heavy atom. The number of anilines is 2. The van der Waals surface area contributed by atoms with Gasteiger partial charge in [0.25, 0.3) is 0 Å². The minimum absolute atomic E-state index is 0.145. The Kier molecular flexibility index (Phi) is 2.93. The van der Waals surface area contributed by atoms with Gasteiger partial charge in [0, 0.05) is 17.5 Å². The molecule has 0 saturated carbocycles. The van der Waals surface area contributed by atoms with E-state index in [-0.39, 0.29) is 12.1 Å². The van der Waals surface area contributed by atoms with Crippen molar-refractivity contribution in [2.24, 2.45) is 0 Å². The van der Waals surface area contributed by atoms with Crippen molar-refractivity contribution >= 4 is 22.3 Å². The van der Waals surface area contributed by atoms with Crippen molar-refractivity contribution in [3.8, 4) is 0 Å². The number of H-pyrrole nitrogens is 1. The average molecular weight is 234 g/mol. The van der Waals surface area contributed by atoms with E-state index in [4.69, 9.17) is 10.8 Å². The maximum atomic E-state index is 9.00. The molecule has 0 unspecified atom stereocenters. The monoisotopic (exact) mass is 234 g/mol. The Morgan fingerprint density at radius 1 is 1.47 bits per heavy atom. The maximum Gasteiger partial charge on any atom is 0.0672 e. The summed E-state index contributed by atoms with van der Waals surface area (Å²) in [5.74, 6) is 0. The number of benzene rings is 1. The summed E-state index contributed by atoms with van der Waals surface area (Å²) < 4.78 is 0. The van der Waals surface area contributed by atoms with Crippen LogP contribution in [-0.2, 0) is 0 Å². The van der Waals surface area contributed by atoms with Gasteiger partial charge in [-0.25, -0.2) is 0 Å². The first kappa shape index (κ1) is 11.7. The first-order valence-corrected chi connectivity index (χ1v) is 5.63. The van der Waals surface area contributed by atoms with Gasteiger partial charge in [-0.2, -0.15) is 5.10 Å². The number of aliphatic hydroxyl groups is 1. The summed E-state index contributed by atoms with van der Waals surface area (Å²) in [6.07, 6.45) is 2.40. The van der Waals surface area contributed by atoms with Crippen molar-refractivity contribution in [1.29, 1.82) is 0 Å². The first-order chi connectivity index (χ1) is 8.02. The van der Waals surface area contributed by atoms with Crippen LogP contribution in [0.2, 0.25) is 0 Å². The third kappa shape index (κ3) is 2.50. The molecule has 0 aliphatic heterocycles. The summed E-state index contributed by atoms with van der Waals surface area (Å²) >= 11 is 0. The molecule has 2 rings (SSSR count). The summed E-state index contributed by atoms with van der Waals surface area (Å²) in [5.41, 5.74) is 8.28. The number of aromatic amines is 1. The van der Waals surface area contributed by atoms with Gasteiger partial charge in [-0.1, -0.05) is 0 Å². The third-order valence-electron chi connectivity index (χ3n) is 2.82. The van der Waals surface area contributed by atoms with Crippen LogP contribution in [0.4, 0.5) is 11.4 Å². The van der Waals surface area contributed by atoms with Gasteiger partial charge in [-0.3, -0.25) is 5.10 Å². The number of fused-ring (bicyclic) bond motifs is 1. The fourth-order valence-electron chi connectivity index (χ4n) is 1.82. The van der Waals surface area contributed by atoms with Crippen LogP contribution in [0.3, 0.4) is 0 Å². The van der Waals surface area contributed by atoms with Crippen molar-refractivity contribution in [2.45, 2.75) is 25.8 Å². The van der Waals surface area contributed by atoms with Gasteiger partial charge in [0.1, 0.15) is 0 Å². The number of nitrogens with zero attached hydrogens (tertiary/aromatic N) is 1. The summed E-state index contributed by atoms with van der Waals surface area (Å²) in [7, 11) is 0. The molecule has 2 aromatic rings. The molecule has 1 heterocycles. The van der Waals surface area contributed by atoms with E-state index in [2.05, 4.69) is 15.5 Å². The van der Waals surface area contributed by atoms with E-state index in [9.17, 15) is 0 Å². The second kappa shape index (κ2) is 4.25. The molecule has 0 atom stereocenters. The number of hydrogen-bond donors (Lipinski definition) is 4. The molecule has 0 fully saturated rings. The summed E-state index contributed by atoms with van der Waals surface area (Å²) in [6.45, 7) is 4.20. The molecule has 0 aliphatic rings. The normalized spacial score (nSPS) is 11.9. The predicted molar refractivity (Wildman–Crippen MR) is 69.9 cm³/mol. The lowest BCUT2D eigenvalue weighted by molar-refractivity contribution is 0.261. The smallest absolute Gasteiger partial charge is 0.0672 e. The SMILES string of the molecule is CC(C)(CCO)Nc1cc2[nH]ncc2cc1N. The number of aromatic nitrogens is 2. The van der Waals surface area contributed by atoms with Crippen LogP contribution >= 0.6 is 0 Å². The lowest BCUT2D eigenvalue weighted by Gasteiger charge is -2.27. The van der Waals surface area contributed by atoms with Crippen molar-refractivity contribution < 1.29 is 5.11 Å². The molecule has 0 amide bonds. The van der Waals surface area contributed by atoms with E-state index in [0.29, 0.717) is 12.1 Å². The molecule has 0 aliphatic carbocycles. The molecule has 0 saturated heterocycles. The Morgan fingerprint density at radius 2 is 2.24 bits per heavy atom. The van der Waals surface area contributed by atoms with Gasteiger partial charge in [-0.05, 0) is 32.4 Å². The van der Waals surface area contributed by atoms with E-state index in [0.717, 1.165) is 16.6 Å². The number of nitrogen functional groups attached to an aromatic ring is 1. The Labute approximate surface area is 100 Å². The molecule has 0 spiro atoms. The second-order valence-corrected chi connectivity index (χ2v) is 4.88. The second-order valence-electron chi connectivity index (χ2n) is 4.88. The molecule has 17 heavy (non-hydrogen) atoms. The van der Waals surface area contributed by atoms with E-state index >= 15 is 0 Å². The fraction of sp³-hybridized carbons (Fsp3) is 0.417. The minimum atomic E-state index is -0.198. The molecule has 92 valence electrons. The zero-order valence-electron chi connectivity index (χ0n) is 10.1. The lowest BCUT2D eigenvalue weighted by Crippen LogP contribution is -2.32. The lowest BCUT2D eigenvalue weighted by atomic mass is 10.0. The fourth-order valence-corrected chi connectivity index (χ4v) is 1.82. The van der Waals surface area contributed by atoms with Crippen molar-refractivity contribution in [3.05, 3.63) is 18.3 Å². The van der Waals surface area contributed by atoms with Crippen molar-refractivity contribution in [1.82, 2.24) is 10.2 Å². The van der Waals surface area contributed by atoms with Crippen LogP contribution in [0.15, 0.2) is 18.3 Å². The number of hydrogen-bond acceptors (Lipinski definition) is 4. The molecular weight excluding hydrogens is 216 g/mol. The molecular formula is C12H18N4O. The van der Waals surface area contributed by atoms with E-state index in [1.165, 1.54) is 0 Å². The highest BCUT2D eigenvalue weighted by atomic mass is 16.3. The van der Waals surface area contributed by atoms with Crippen LogP contribution in [0.1, 0.15) is 20.3 Å². The molecule has 5 heteroatoms. The first-order valence-electron chi connectivity index (χ1n) is 5.63. The summed E-state index contributed by atoms with van der Waals surface area (Å²) in [4.78, 5) is 0. The zero-order chi connectivity index (χ0) is 12.5. The molecule has 5 N–H and O–H groups in total. The highest BCUT2D eigenvalue weighted by Crippen LogP contribution is 2.28. The third-order valence-corrected chi connectivity index (χ3v) is 2.82. The van der Waals surface area contributed by atoms with Gasteiger partial charge in [0.2, 0.25) is 0 Å². The van der Waals surface area contributed by atoms with Gasteiger partial charge >= 0.3 is 0 Å². The Hall–Kier alpha value is -1.75. The van der Waals surface area contributed by atoms with Crippen LogP contribution in [0.25, 0.3) is 10.9 Å². The number of rotatable bonds is 4. The number of aliphatic hydroxyl groups excluding tert-OH is 1.